The van der Waals surface area contributed by atoms with Gasteiger partial charge < -0.3 is 14.6 Å². The highest BCUT2D eigenvalue weighted by molar-refractivity contribution is 6.07. The third kappa shape index (κ3) is 6.74. The molecule has 0 aromatic heterocycles. The van der Waals surface area contributed by atoms with Crippen molar-refractivity contribution >= 4 is 11.9 Å². The fraction of sp³-hybridized carbons (Fsp3) is 0.393. The molecular formula is C28H36O4. The van der Waals surface area contributed by atoms with E-state index in [4.69, 9.17) is 9.47 Å². The topological polar surface area (TPSA) is 55.8 Å². The molecule has 172 valence electrons. The van der Waals surface area contributed by atoms with Gasteiger partial charge in [-0.05, 0) is 84.0 Å². The zero-order chi connectivity index (χ0) is 24.3. The molecule has 0 fully saturated rings. The number of allylic oxidation sites excluding steroid dienone is 2. The van der Waals surface area contributed by atoms with Crippen LogP contribution < -0.4 is 9.47 Å². The van der Waals surface area contributed by atoms with E-state index >= 15 is 0 Å². The summed E-state index contributed by atoms with van der Waals surface area (Å²) in [4.78, 5) is 12.8. The lowest BCUT2D eigenvalue weighted by atomic mass is 9.82. The van der Waals surface area contributed by atoms with Gasteiger partial charge in [0.2, 0.25) is 0 Å². The predicted octanol–water partition coefficient (Wildman–Crippen LogP) is 7.11. The molecule has 0 saturated heterocycles. The van der Waals surface area contributed by atoms with E-state index in [9.17, 15) is 9.90 Å². The molecule has 0 spiro atoms. The highest BCUT2D eigenvalue weighted by atomic mass is 16.5. The zero-order valence-electron chi connectivity index (χ0n) is 20.6. The number of carbonyl (C=O) groups excluding carboxylic acids is 1. The average Bonchev–Trinajstić information content (AvgIpc) is 2.65. The standard InChI is InChI=1S/C28H36O4/c1-10-28(8,9)22-16-18-24(31-26(2,3)4)21(25(22)32-27(5,6)7)15-17-23(30)19-11-13-20(29)14-12-19/h10-18,29H,1H2,2-9H3/b17-15+. The highest BCUT2D eigenvalue weighted by Gasteiger charge is 2.28. The normalized spacial score (nSPS) is 12.6. The largest absolute Gasteiger partial charge is 0.508 e. The van der Waals surface area contributed by atoms with E-state index in [-0.39, 0.29) is 16.9 Å². The lowest BCUT2D eigenvalue weighted by molar-refractivity contribution is 0.104. The van der Waals surface area contributed by atoms with E-state index in [0.717, 1.165) is 5.56 Å². The number of carbonyl (C=O) groups is 1. The quantitative estimate of drug-likeness (QED) is 0.285. The van der Waals surface area contributed by atoms with Gasteiger partial charge in [-0.3, -0.25) is 4.79 Å². The number of benzene rings is 2. The molecule has 0 aliphatic rings. The monoisotopic (exact) mass is 436 g/mol. The van der Waals surface area contributed by atoms with Gasteiger partial charge in [-0.25, -0.2) is 0 Å². The molecule has 2 rings (SSSR count). The molecule has 0 aliphatic heterocycles. The molecule has 32 heavy (non-hydrogen) atoms. The first kappa shape index (κ1) is 25.3. The van der Waals surface area contributed by atoms with E-state index in [2.05, 4.69) is 20.4 Å². The Hall–Kier alpha value is -3.01. The zero-order valence-corrected chi connectivity index (χ0v) is 20.6. The summed E-state index contributed by atoms with van der Waals surface area (Å²) in [5, 5.41) is 9.50. The maximum atomic E-state index is 12.8. The van der Waals surface area contributed by atoms with Crippen molar-refractivity contribution in [3.05, 3.63) is 71.8 Å². The van der Waals surface area contributed by atoms with E-state index in [1.165, 1.54) is 18.2 Å². The molecule has 0 bridgehead atoms. The molecule has 0 saturated carbocycles. The fourth-order valence-electron chi connectivity index (χ4n) is 3.07. The van der Waals surface area contributed by atoms with E-state index in [1.54, 1.807) is 18.2 Å². The molecule has 0 amide bonds. The number of phenols is 1. The van der Waals surface area contributed by atoms with E-state index < -0.39 is 11.2 Å². The SMILES string of the molecule is C=CC(C)(C)c1ccc(OC(C)(C)C)c(/C=C/C(=O)c2ccc(O)cc2)c1OC(C)(C)C. The maximum Gasteiger partial charge on any atom is 0.185 e. The van der Waals surface area contributed by atoms with Crippen LogP contribution in [-0.2, 0) is 5.41 Å². The lowest BCUT2D eigenvalue weighted by Gasteiger charge is -2.32. The van der Waals surface area contributed by atoms with E-state index in [0.29, 0.717) is 22.6 Å². The van der Waals surface area contributed by atoms with Gasteiger partial charge in [0.15, 0.2) is 5.78 Å². The van der Waals surface area contributed by atoms with Crippen molar-refractivity contribution in [3.8, 4) is 17.2 Å². The summed E-state index contributed by atoms with van der Waals surface area (Å²) in [6.45, 7) is 20.1. The minimum absolute atomic E-state index is 0.117. The summed E-state index contributed by atoms with van der Waals surface area (Å²) in [6.07, 6.45) is 5.15. The maximum absolute atomic E-state index is 12.8. The molecule has 0 unspecified atom stereocenters. The van der Waals surface area contributed by atoms with Crippen molar-refractivity contribution < 1.29 is 19.4 Å². The van der Waals surface area contributed by atoms with Crippen LogP contribution in [0.1, 0.15) is 76.9 Å². The number of hydrogen-bond acceptors (Lipinski definition) is 4. The van der Waals surface area contributed by atoms with Gasteiger partial charge in [0.25, 0.3) is 0 Å². The second kappa shape index (κ2) is 9.23. The molecule has 2 aromatic rings. The Labute approximate surface area is 192 Å². The summed E-state index contributed by atoms with van der Waals surface area (Å²) in [5.41, 5.74) is 0.895. The Kier molecular flexibility index (Phi) is 7.29. The molecule has 0 aliphatic carbocycles. The number of aromatic hydroxyl groups is 1. The van der Waals surface area contributed by atoms with Crippen molar-refractivity contribution in [3.63, 3.8) is 0 Å². The number of ether oxygens (including phenoxy) is 2. The van der Waals surface area contributed by atoms with Crippen LogP contribution in [0.15, 0.2) is 55.1 Å². The smallest absolute Gasteiger partial charge is 0.185 e. The van der Waals surface area contributed by atoms with Crippen LogP contribution in [0.25, 0.3) is 6.08 Å². The van der Waals surface area contributed by atoms with Gasteiger partial charge in [-0.1, -0.05) is 26.0 Å². The number of phenolic OH excluding ortho intramolecular Hbond substituents is 1. The van der Waals surface area contributed by atoms with Gasteiger partial charge in [0.05, 0.1) is 5.56 Å². The first-order valence-electron chi connectivity index (χ1n) is 10.8. The first-order chi connectivity index (χ1) is 14.6. The Morgan fingerprint density at radius 1 is 0.875 bits per heavy atom. The van der Waals surface area contributed by atoms with Crippen molar-refractivity contribution in [1.82, 2.24) is 0 Å². The minimum Gasteiger partial charge on any atom is -0.508 e. The summed E-state index contributed by atoms with van der Waals surface area (Å²) in [6, 6.07) is 10.1. The summed E-state index contributed by atoms with van der Waals surface area (Å²) in [5.74, 6) is 1.24. The third-order valence-electron chi connectivity index (χ3n) is 4.74. The van der Waals surface area contributed by atoms with E-state index in [1.807, 2.05) is 59.8 Å². The number of rotatable bonds is 7. The van der Waals surface area contributed by atoms with Crippen LogP contribution in [0.3, 0.4) is 0 Å². The highest BCUT2D eigenvalue weighted by Crippen LogP contribution is 2.42. The number of hydrogen-bond donors (Lipinski definition) is 1. The Bertz CT molecular complexity index is 997. The van der Waals surface area contributed by atoms with Crippen molar-refractivity contribution in [2.24, 2.45) is 0 Å². The molecular weight excluding hydrogens is 400 g/mol. The van der Waals surface area contributed by atoms with Gasteiger partial charge in [-0.2, -0.15) is 0 Å². The number of ketones is 1. The van der Waals surface area contributed by atoms with Crippen molar-refractivity contribution in [2.45, 2.75) is 72.0 Å². The molecule has 2 aromatic carbocycles. The van der Waals surface area contributed by atoms with Gasteiger partial charge in [0, 0.05) is 16.5 Å². The molecule has 4 nitrogen and oxygen atoms in total. The Morgan fingerprint density at radius 2 is 1.44 bits per heavy atom. The van der Waals surface area contributed by atoms with Crippen LogP contribution in [0.2, 0.25) is 0 Å². The van der Waals surface area contributed by atoms with Crippen LogP contribution in [0, 0.1) is 0 Å². The Balaban J connectivity index is 2.70. The Morgan fingerprint density at radius 3 is 1.94 bits per heavy atom. The van der Waals surface area contributed by atoms with Crippen LogP contribution in [-0.4, -0.2) is 22.1 Å². The van der Waals surface area contributed by atoms with Crippen LogP contribution >= 0.6 is 0 Å². The minimum atomic E-state index is -0.462. The van der Waals surface area contributed by atoms with Crippen molar-refractivity contribution in [2.75, 3.05) is 0 Å². The van der Waals surface area contributed by atoms with Gasteiger partial charge in [-0.15, -0.1) is 6.58 Å². The molecule has 0 heterocycles. The van der Waals surface area contributed by atoms with Gasteiger partial charge in [0.1, 0.15) is 28.5 Å². The fourth-order valence-corrected chi connectivity index (χ4v) is 3.07. The first-order valence-corrected chi connectivity index (χ1v) is 10.8. The second-order valence-electron chi connectivity index (χ2n) is 10.5. The third-order valence-corrected chi connectivity index (χ3v) is 4.74. The van der Waals surface area contributed by atoms with Crippen molar-refractivity contribution in [1.29, 1.82) is 0 Å². The molecule has 1 N–H and O–H groups in total. The summed E-state index contributed by atoms with van der Waals surface area (Å²) < 4.78 is 12.7. The second-order valence-corrected chi connectivity index (χ2v) is 10.5. The lowest BCUT2D eigenvalue weighted by Crippen LogP contribution is -2.27. The average molecular weight is 437 g/mol. The summed E-state index contributed by atoms with van der Waals surface area (Å²) in [7, 11) is 0. The summed E-state index contributed by atoms with van der Waals surface area (Å²) >= 11 is 0. The van der Waals surface area contributed by atoms with Gasteiger partial charge >= 0.3 is 0 Å². The molecule has 0 atom stereocenters. The predicted molar refractivity (Wildman–Crippen MR) is 132 cm³/mol. The van der Waals surface area contributed by atoms with Crippen LogP contribution in [0.5, 0.6) is 17.2 Å². The van der Waals surface area contributed by atoms with Crippen LogP contribution in [0.4, 0.5) is 0 Å². The molecule has 0 radical (unpaired) electrons. The molecule has 4 heteroatoms.